The number of aryl methyl sites for hydroxylation is 2. The van der Waals surface area contributed by atoms with Gasteiger partial charge in [0.05, 0.1) is 12.3 Å². The average molecular weight is 599 g/mol. The van der Waals surface area contributed by atoms with Crippen LogP contribution in [0.3, 0.4) is 0 Å². The number of carbonyl (C=O) groups is 2. The van der Waals surface area contributed by atoms with Crippen molar-refractivity contribution in [1.82, 2.24) is 4.90 Å². The average Bonchev–Trinajstić information content (AvgIpc) is 3.42. The van der Waals surface area contributed by atoms with Crippen LogP contribution in [0.25, 0.3) is 0 Å². The minimum atomic E-state index is -1.26. The second-order valence-corrected chi connectivity index (χ2v) is 10.9. The third-order valence-electron chi connectivity index (χ3n) is 7.80. The van der Waals surface area contributed by atoms with E-state index in [-0.39, 0.29) is 24.2 Å². The molecular formula is C32H37Cl2N3O4. The van der Waals surface area contributed by atoms with Crippen molar-refractivity contribution in [3.8, 4) is 0 Å². The van der Waals surface area contributed by atoms with E-state index in [1.54, 1.807) is 48.4 Å². The van der Waals surface area contributed by atoms with E-state index < -0.39 is 5.91 Å². The van der Waals surface area contributed by atoms with Gasteiger partial charge in [0, 0.05) is 41.9 Å². The van der Waals surface area contributed by atoms with Gasteiger partial charge in [-0.2, -0.15) is 0 Å². The molecule has 1 N–H and O–H groups in total. The molecule has 3 aromatic carbocycles. The summed E-state index contributed by atoms with van der Waals surface area (Å²) in [6, 6.07) is 19.9. The van der Waals surface area contributed by atoms with Crippen LogP contribution in [0.1, 0.15) is 57.5 Å². The normalized spacial score (nSPS) is 18.8. The number of halogens is 2. The Labute approximate surface area is 253 Å². The molecular weight excluding hydrogens is 561 g/mol. The van der Waals surface area contributed by atoms with Crippen molar-refractivity contribution < 1.29 is 19.1 Å². The summed E-state index contributed by atoms with van der Waals surface area (Å²) < 4.78 is 12.6. The van der Waals surface area contributed by atoms with Gasteiger partial charge in [0.15, 0.2) is 0 Å². The van der Waals surface area contributed by atoms with Crippen LogP contribution in [0.2, 0.25) is 5.02 Å². The minimum Gasteiger partial charge on any atom is -0.336 e. The van der Waals surface area contributed by atoms with Crippen molar-refractivity contribution in [2.75, 3.05) is 43.6 Å². The fourth-order valence-corrected chi connectivity index (χ4v) is 5.81. The number of nitrogens with zero attached hydrogens (tertiary/aromatic N) is 2. The number of benzene rings is 3. The maximum atomic E-state index is 14.2. The Balaban J connectivity index is 0.00000387. The van der Waals surface area contributed by atoms with Gasteiger partial charge in [-0.1, -0.05) is 29.8 Å². The van der Waals surface area contributed by atoms with E-state index in [4.69, 9.17) is 21.1 Å². The molecule has 9 heteroatoms. The number of anilines is 2. The van der Waals surface area contributed by atoms with Crippen molar-refractivity contribution in [1.29, 1.82) is 0 Å². The van der Waals surface area contributed by atoms with E-state index in [1.165, 1.54) is 12.8 Å². The number of fused-ring (bicyclic) bond motifs is 1. The van der Waals surface area contributed by atoms with Gasteiger partial charge >= 0.3 is 0 Å². The van der Waals surface area contributed by atoms with Crippen LogP contribution in [-0.2, 0) is 15.9 Å². The van der Waals surface area contributed by atoms with Gasteiger partial charge in [0.2, 0.25) is 0 Å². The molecule has 0 aromatic heterocycles. The fraction of sp³-hybridized carbons (Fsp3) is 0.375. The van der Waals surface area contributed by atoms with E-state index in [0.29, 0.717) is 34.9 Å². The van der Waals surface area contributed by atoms with Gasteiger partial charge in [-0.3, -0.25) is 14.5 Å². The minimum absolute atomic E-state index is 0. The Morgan fingerprint density at radius 3 is 2.44 bits per heavy atom. The predicted octanol–water partition coefficient (Wildman–Crippen LogP) is 6.72. The van der Waals surface area contributed by atoms with Crippen molar-refractivity contribution in [2.45, 2.75) is 44.9 Å². The lowest BCUT2D eigenvalue weighted by Crippen LogP contribution is -2.56. The van der Waals surface area contributed by atoms with Gasteiger partial charge in [-0.25, -0.2) is 0 Å². The monoisotopic (exact) mass is 597 g/mol. The van der Waals surface area contributed by atoms with Gasteiger partial charge < -0.3 is 19.7 Å². The molecule has 3 aromatic rings. The molecule has 0 radical (unpaired) electrons. The van der Waals surface area contributed by atoms with Crippen LogP contribution in [0.5, 0.6) is 0 Å². The first-order chi connectivity index (χ1) is 19.4. The Hall–Kier alpha value is -2.94. The Morgan fingerprint density at radius 2 is 1.73 bits per heavy atom. The molecule has 218 valence electrons. The van der Waals surface area contributed by atoms with E-state index in [9.17, 15) is 9.59 Å². The highest BCUT2D eigenvalue weighted by Gasteiger charge is 2.45. The summed E-state index contributed by atoms with van der Waals surface area (Å²) >= 11 is 6.34. The smallest absolute Gasteiger partial charge is 0.262 e. The molecule has 1 unspecified atom stereocenters. The molecule has 0 bridgehead atoms. The molecule has 0 spiro atoms. The van der Waals surface area contributed by atoms with Crippen LogP contribution in [0, 0.1) is 6.92 Å². The third-order valence-corrected chi connectivity index (χ3v) is 8.03. The SMILES string of the molecule is COC1(OCCN2CCCC2)CCCc2cc(Cl)ccc2N1C(=O)c1ccc(NC(=O)c2ccccc2C)cc1.Cl. The number of nitrogens with one attached hydrogen (secondary N) is 1. The number of likely N-dealkylation sites (tertiary alicyclic amines) is 1. The first-order valence-electron chi connectivity index (χ1n) is 13.9. The third kappa shape index (κ3) is 6.93. The lowest BCUT2D eigenvalue weighted by Gasteiger charge is -2.41. The van der Waals surface area contributed by atoms with Crippen molar-refractivity contribution in [2.24, 2.45) is 0 Å². The zero-order valence-electron chi connectivity index (χ0n) is 23.5. The predicted molar refractivity (Wildman–Crippen MR) is 165 cm³/mol. The number of hydrogen-bond acceptors (Lipinski definition) is 5. The Morgan fingerprint density at radius 1 is 1.00 bits per heavy atom. The molecule has 2 amide bonds. The summed E-state index contributed by atoms with van der Waals surface area (Å²) in [4.78, 5) is 31.0. The second-order valence-electron chi connectivity index (χ2n) is 10.4. The van der Waals surface area contributed by atoms with Crippen LogP contribution < -0.4 is 10.2 Å². The maximum absolute atomic E-state index is 14.2. The molecule has 0 saturated carbocycles. The van der Waals surface area contributed by atoms with E-state index in [1.807, 2.05) is 37.3 Å². The highest BCUT2D eigenvalue weighted by atomic mass is 35.5. The van der Waals surface area contributed by atoms with Crippen LogP contribution >= 0.6 is 24.0 Å². The molecule has 7 nitrogen and oxygen atoms in total. The van der Waals surface area contributed by atoms with Gasteiger partial charge in [0.25, 0.3) is 17.7 Å². The van der Waals surface area contributed by atoms with Crippen molar-refractivity contribution >= 4 is 47.2 Å². The van der Waals surface area contributed by atoms with Crippen molar-refractivity contribution in [3.63, 3.8) is 0 Å². The first kappa shape index (κ1) is 31.0. The molecule has 2 aliphatic rings. The van der Waals surface area contributed by atoms with Crippen LogP contribution in [0.4, 0.5) is 11.4 Å². The number of methoxy groups -OCH3 is 1. The van der Waals surface area contributed by atoms with Gasteiger partial charge in [-0.05, 0) is 105 Å². The van der Waals surface area contributed by atoms with Gasteiger partial charge in [0.1, 0.15) is 0 Å². The highest BCUT2D eigenvalue weighted by molar-refractivity contribution is 6.30. The van der Waals surface area contributed by atoms with Gasteiger partial charge in [-0.15, -0.1) is 12.4 Å². The summed E-state index contributed by atoms with van der Waals surface area (Å²) in [5, 5.41) is 3.55. The Kier molecular flexibility index (Phi) is 10.4. The molecule has 1 saturated heterocycles. The molecule has 2 aliphatic heterocycles. The zero-order valence-corrected chi connectivity index (χ0v) is 25.1. The summed E-state index contributed by atoms with van der Waals surface area (Å²) in [5.74, 6) is -1.70. The zero-order chi connectivity index (χ0) is 28.1. The standard InChI is InChI=1S/C32H36ClN3O4.ClH/c1-23-8-3-4-10-28(23)30(37)34-27-14-11-24(12-15-27)31(38)36-29-16-13-26(33)22-25(29)9-7-17-32(36,39-2)40-21-20-35-18-5-6-19-35;/h3-4,8,10-16,22H,5-7,9,17-21H2,1-2H3,(H,34,37);1H. The lowest BCUT2D eigenvalue weighted by atomic mass is 10.1. The molecule has 41 heavy (non-hydrogen) atoms. The molecule has 1 atom stereocenters. The van der Waals surface area contributed by atoms with E-state index in [0.717, 1.165) is 49.3 Å². The summed E-state index contributed by atoms with van der Waals surface area (Å²) in [5.41, 5.74) is 4.27. The molecule has 5 rings (SSSR count). The summed E-state index contributed by atoms with van der Waals surface area (Å²) in [6.45, 7) is 5.28. The van der Waals surface area contributed by atoms with Crippen molar-refractivity contribution in [3.05, 3.63) is 94.0 Å². The largest absolute Gasteiger partial charge is 0.336 e. The quantitative estimate of drug-likeness (QED) is 0.292. The van der Waals surface area contributed by atoms with Crippen LogP contribution in [-0.4, -0.2) is 56.0 Å². The van der Waals surface area contributed by atoms with Crippen LogP contribution in [0.15, 0.2) is 66.7 Å². The topological polar surface area (TPSA) is 71.1 Å². The highest BCUT2D eigenvalue weighted by Crippen LogP contribution is 2.39. The lowest BCUT2D eigenvalue weighted by molar-refractivity contribution is -0.222. The first-order valence-corrected chi connectivity index (χ1v) is 14.3. The number of hydrogen-bond donors (Lipinski definition) is 1. The maximum Gasteiger partial charge on any atom is 0.262 e. The summed E-state index contributed by atoms with van der Waals surface area (Å²) in [6.07, 6.45) is 4.46. The molecule has 2 heterocycles. The number of amides is 2. The molecule has 1 fully saturated rings. The number of rotatable bonds is 8. The Bertz CT molecular complexity index is 1360. The molecule has 0 aliphatic carbocycles. The van der Waals surface area contributed by atoms with E-state index in [2.05, 4.69) is 10.2 Å². The summed E-state index contributed by atoms with van der Waals surface area (Å²) in [7, 11) is 1.60. The fourth-order valence-electron chi connectivity index (χ4n) is 5.61. The van der Waals surface area contributed by atoms with E-state index >= 15 is 0 Å². The number of ether oxygens (including phenoxy) is 2. The number of carbonyl (C=O) groups excluding carboxylic acids is 2. The second kappa shape index (κ2) is 13.8.